The number of rotatable bonds is 13. The lowest BCUT2D eigenvalue weighted by Crippen LogP contribution is -2.30. The van der Waals surface area contributed by atoms with Gasteiger partial charge in [-0.3, -0.25) is 4.84 Å². The molecular weight excluding hydrogens is 270 g/mol. The second kappa shape index (κ2) is 12.7. The highest BCUT2D eigenvalue weighted by Crippen LogP contribution is 1.99. The van der Waals surface area contributed by atoms with Gasteiger partial charge in [0, 0.05) is 13.2 Å². The van der Waals surface area contributed by atoms with Crippen LogP contribution in [0.3, 0.4) is 0 Å². The molecule has 1 unspecified atom stereocenters. The fourth-order valence-corrected chi connectivity index (χ4v) is 1.61. The van der Waals surface area contributed by atoms with E-state index in [1.165, 1.54) is 0 Å². The molecule has 0 aliphatic heterocycles. The Morgan fingerprint density at radius 3 is 2.62 bits per heavy atom. The third-order valence-corrected chi connectivity index (χ3v) is 2.83. The van der Waals surface area contributed by atoms with Crippen LogP contribution in [0.5, 0.6) is 0 Å². The van der Waals surface area contributed by atoms with Crippen LogP contribution in [0, 0.1) is 0 Å². The van der Waals surface area contributed by atoms with Crippen molar-refractivity contribution in [2.45, 2.75) is 32.5 Å². The number of aliphatic hydroxyl groups excluding tert-OH is 1. The number of ether oxygens (including phenoxy) is 2. The molecule has 21 heavy (non-hydrogen) atoms. The normalized spacial score (nSPS) is 12.5. The van der Waals surface area contributed by atoms with Crippen LogP contribution >= 0.6 is 0 Å². The van der Waals surface area contributed by atoms with Crippen molar-refractivity contribution in [1.82, 2.24) is 5.48 Å². The summed E-state index contributed by atoms with van der Waals surface area (Å²) in [4.78, 5) is 5.27. The van der Waals surface area contributed by atoms with Crippen molar-refractivity contribution in [3.63, 3.8) is 0 Å². The zero-order chi connectivity index (χ0) is 15.2. The molecular formula is C16H27NO4. The first-order chi connectivity index (χ1) is 10.3. The molecule has 0 aliphatic rings. The Morgan fingerprint density at radius 1 is 1.10 bits per heavy atom. The van der Waals surface area contributed by atoms with Crippen LogP contribution in [0.15, 0.2) is 30.3 Å². The maximum Gasteiger partial charge on any atom is 0.0933 e. The van der Waals surface area contributed by atoms with E-state index in [0.717, 1.165) is 25.0 Å². The van der Waals surface area contributed by atoms with E-state index < -0.39 is 6.10 Å². The highest BCUT2D eigenvalue weighted by molar-refractivity contribution is 5.13. The van der Waals surface area contributed by atoms with Gasteiger partial charge >= 0.3 is 0 Å². The molecule has 0 saturated carbocycles. The van der Waals surface area contributed by atoms with E-state index in [9.17, 15) is 5.11 Å². The van der Waals surface area contributed by atoms with E-state index in [-0.39, 0.29) is 6.61 Å². The number of unbranched alkanes of at least 4 members (excludes halogenated alkanes) is 1. The van der Waals surface area contributed by atoms with Crippen LogP contribution in [0.1, 0.15) is 25.3 Å². The number of benzene rings is 1. The number of aliphatic hydroxyl groups is 1. The van der Waals surface area contributed by atoms with Gasteiger partial charge in [-0.15, -0.1) is 0 Å². The fraction of sp³-hybridized carbons (Fsp3) is 0.625. The molecule has 2 N–H and O–H groups in total. The zero-order valence-corrected chi connectivity index (χ0v) is 12.8. The Bertz CT molecular complexity index is 334. The molecule has 1 aromatic carbocycles. The van der Waals surface area contributed by atoms with E-state index in [1.807, 2.05) is 30.3 Å². The first-order valence-corrected chi connectivity index (χ1v) is 7.55. The summed E-state index contributed by atoms with van der Waals surface area (Å²) < 4.78 is 10.7. The third kappa shape index (κ3) is 10.4. The van der Waals surface area contributed by atoms with Crippen LogP contribution < -0.4 is 5.48 Å². The van der Waals surface area contributed by atoms with Gasteiger partial charge in [0.2, 0.25) is 0 Å². The molecule has 0 aromatic heterocycles. The third-order valence-electron chi connectivity index (χ3n) is 2.83. The standard InChI is InChI=1S/C16H27NO4/c1-2-3-9-19-10-11-20-14-16(18)12-17-21-13-15-7-5-4-6-8-15/h4-8,16-18H,2-3,9-14H2,1H3. The highest BCUT2D eigenvalue weighted by atomic mass is 16.6. The lowest BCUT2D eigenvalue weighted by Gasteiger charge is -2.12. The lowest BCUT2D eigenvalue weighted by atomic mass is 10.2. The molecule has 0 spiro atoms. The van der Waals surface area contributed by atoms with Crippen molar-refractivity contribution in [2.75, 3.05) is 33.0 Å². The van der Waals surface area contributed by atoms with Crippen molar-refractivity contribution in [2.24, 2.45) is 0 Å². The molecule has 0 heterocycles. The Labute approximate surface area is 127 Å². The van der Waals surface area contributed by atoms with Gasteiger partial charge in [0.05, 0.1) is 32.5 Å². The van der Waals surface area contributed by atoms with Crippen LogP contribution in [0.25, 0.3) is 0 Å². The first-order valence-electron chi connectivity index (χ1n) is 7.55. The minimum Gasteiger partial charge on any atom is -0.389 e. The van der Waals surface area contributed by atoms with E-state index in [2.05, 4.69) is 12.4 Å². The minimum absolute atomic E-state index is 0.277. The Hall–Kier alpha value is -0.980. The SMILES string of the molecule is CCCCOCCOCC(O)CNOCc1ccccc1. The second-order valence-electron chi connectivity index (χ2n) is 4.82. The summed E-state index contributed by atoms with van der Waals surface area (Å²) >= 11 is 0. The van der Waals surface area contributed by atoms with Crippen molar-refractivity contribution in [1.29, 1.82) is 0 Å². The summed E-state index contributed by atoms with van der Waals surface area (Å²) in [6, 6.07) is 9.86. The highest BCUT2D eigenvalue weighted by Gasteiger charge is 2.03. The summed E-state index contributed by atoms with van der Waals surface area (Å²) in [7, 11) is 0. The molecule has 0 bridgehead atoms. The van der Waals surface area contributed by atoms with Crippen LogP contribution in [0.4, 0.5) is 0 Å². The number of nitrogens with one attached hydrogen (secondary N) is 1. The first kappa shape index (κ1) is 18.1. The predicted octanol–water partition coefficient (Wildman–Crippen LogP) is 1.90. The molecule has 120 valence electrons. The molecule has 0 radical (unpaired) electrons. The topological polar surface area (TPSA) is 60.0 Å². The molecule has 0 amide bonds. The Balaban J connectivity index is 1.88. The lowest BCUT2D eigenvalue weighted by molar-refractivity contribution is -0.0307. The average molecular weight is 297 g/mol. The van der Waals surface area contributed by atoms with E-state index in [4.69, 9.17) is 14.3 Å². The van der Waals surface area contributed by atoms with Crippen LogP contribution in [0.2, 0.25) is 0 Å². The van der Waals surface area contributed by atoms with Gasteiger partial charge in [-0.05, 0) is 12.0 Å². The summed E-state index contributed by atoms with van der Waals surface area (Å²) in [5.74, 6) is 0. The number of hydrogen-bond donors (Lipinski definition) is 2. The van der Waals surface area contributed by atoms with Crippen molar-refractivity contribution in [3.8, 4) is 0 Å². The largest absolute Gasteiger partial charge is 0.389 e. The van der Waals surface area contributed by atoms with Gasteiger partial charge in [0.1, 0.15) is 0 Å². The summed E-state index contributed by atoms with van der Waals surface area (Å²) in [6.07, 6.45) is 1.62. The van der Waals surface area contributed by atoms with E-state index in [1.54, 1.807) is 0 Å². The summed E-state index contributed by atoms with van der Waals surface area (Å²) in [6.45, 7) is 5.07. The zero-order valence-electron chi connectivity index (χ0n) is 12.8. The molecule has 1 rings (SSSR count). The molecule has 1 aromatic rings. The Kier molecular flexibility index (Phi) is 11.0. The van der Waals surface area contributed by atoms with Gasteiger partial charge in [-0.2, -0.15) is 5.48 Å². The van der Waals surface area contributed by atoms with Crippen LogP contribution in [-0.2, 0) is 20.9 Å². The van der Waals surface area contributed by atoms with Gasteiger partial charge < -0.3 is 14.6 Å². The second-order valence-corrected chi connectivity index (χ2v) is 4.82. The van der Waals surface area contributed by atoms with E-state index >= 15 is 0 Å². The monoisotopic (exact) mass is 297 g/mol. The quantitative estimate of drug-likeness (QED) is 0.430. The van der Waals surface area contributed by atoms with Crippen molar-refractivity contribution in [3.05, 3.63) is 35.9 Å². The molecule has 0 aliphatic carbocycles. The summed E-state index contributed by atoms with van der Waals surface area (Å²) in [5, 5.41) is 9.68. The molecule has 5 nitrogen and oxygen atoms in total. The fourth-order valence-electron chi connectivity index (χ4n) is 1.61. The molecule has 0 saturated heterocycles. The van der Waals surface area contributed by atoms with Gasteiger partial charge in [0.25, 0.3) is 0 Å². The number of hydrogen-bond acceptors (Lipinski definition) is 5. The summed E-state index contributed by atoms with van der Waals surface area (Å²) in [5.41, 5.74) is 3.82. The van der Waals surface area contributed by atoms with Gasteiger partial charge in [-0.25, -0.2) is 0 Å². The molecule has 0 fully saturated rings. The van der Waals surface area contributed by atoms with Crippen LogP contribution in [-0.4, -0.2) is 44.2 Å². The Morgan fingerprint density at radius 2 is 1.86 bits per heavy atom. The van der Waals surface area contributed by atoms with Crippen molar-refractivity contribution >= 4 is 0 Å². The molecule has 1 atom stereocenters. The smallest absolute Gasteiger partial charge is 0.0933 e. The maximum absolute atomic E-state index is 9.68. The van der Waals surface area contributed by atoms with Gasteiger partial charge in [0.15, 0.2) is 0 Å². The van der Waals surface area contributed by atoms with E-state index in [0.29, 0.717) is 26.4 Å². The predicted molar refractivity (Wildman–Crippen MR) is 81.8 cm³/mol. The van der Waals surface area contributed by atoms with Crippen molar-refractivity contribution < 1.29 is 19.4 Å². The molecule has 5 heteroatoms. The maximum atomic E-state index is 9.68. The average Bonchev–Trinajstić information content (AvgIpc) is 2.52. The van der Waals surface area contributed by atoms with Gasteiger partial charge in [-0.1, -0.05) is 43.7 Å². The number of hydroxylamine groups is 1. The minimum atomic E-state index is -0.587.